The molecule has 126 valence electrons. The normalized spacial score (nSPS) is 10.4. The van der Waals surface area contributed by atoms with Crippen LogP contribution >= 0.6 is 46.4 Å². The molecular formula is C16H11Cl4NO3. The van der Waals surface area contributed by atoms with Crippen LogP contribution in [0.15, 0.2) is 30.3 Å². The van der Waals surface area contributed by atoms with Crippen molar-refractivity contribution in [1.29, 1.82) is 0 Å². The lowest BCUT2D eigenvalue weighted by molar-refractivity contribution is -0.119. The Labute approximate surface area is 158 Å². The number of hydrogen-bond acceptors (Lipinski definition) is 3. The maximum Gasteiger partial charge on any atom is 0.341 e. The first kappa shape index (κ1) is 18.9. The largest absolute Gasteiger partial charge is 0.452 e. The van der Waals surface area contributed by atoms with Gasteiger partial charge >= 0.3 is 5.97 Å². The Hall–Kier alpha value is -1.46. The molecule has 0 heterocycles. The number of ether oxygens (including phenoxy) is 1. The Balaban J connectivity index is 2.04. The van der Waals surface area contributed by atoms with Crippen molar-refractivity contribution in [2.24, 2.45) is 0 Å². The van der Waals surface area contributed by atoms with Gasteiger partial charge in [-0.05, 0) is 30.7 Å². The second-order valence-electron chi connectivity index (χ2n) is 4.77. The number of hydrogen-bond donors (Lipinski definition) is 1. The molecule has 0 aliphatic rings. The van der Waals surface area contributed by atoms with Gasteiger partial charge < -0.3 is 10.1 Å². The van der Waals surface area contributed by atoms with Crippen molar-refractivity contribution in [3.63, 3.8) is 0 Å². The van der Waals surface area contributed by atoms with E-state index in [4.69, 9.17) is 51.1 Å². The molecule has 0 saturated heterocycles. The molecule has 0 aliphatic heterocycles. The van der Waals surface area contributed by atoms with E-state index in [1.54, 1.807) is 25.1 Å². The fourth-order valence-corrected chi connectivity index (χ4v) is 2.86. The molecule has 0 aromatic heterocycles. The summed E-state index contributed by atoms with van der Waals surface area (Å²) in [7, 11) is 0. The molecule has 0 saturated carbocycles. The summed E-state index contributed by atoms with van der Waals surface area (Å²) < 4.78 is 4.93. The lowest BCUT2D eigenvalue weighted by Gasteiger charge is -2.12. The standard InChI is InChI=1S/C16H11Cl4NO3/c1-8-5-6-11(19)15(14(8)20)21-12(22)7-24-16(23)13-9(17)3-2-4-10(13)18/h2-6H,7H2,1H3,(H,21,22). The zero-order valence-corrected chi connectivity index (χ0v) is 15.4. The van der Waals surface area contributed by atoms with Crippen molar-refractivity contribution in [1.82, 2.24) is 0 Å². The third-order valence-electron chi connectivity index (χ3n) is 3.05. The van der Waals surface area contributed by atoms with Crippen molar-refractivity contribution < 1.29 is 14.3 Å². The summed E-state index contributed by atoms with van der Waals surface area (Å²) in [6.07, 6.45) is 0. The highest BCUT2D eigenvalue weighted by molar-refractivity contribution is 6.40. The van der Waals surface area contributed by atoms with Crippen LogP contribution in [0.3, 0.4) is 0 Å². The van der Waals surface area contributed by atoms with Gasteiger partial charge in [-0.15, -0.1) is 0 Å². The third-order valence-corrected chi connectivity index (χ3v) is 4.48. The number of carbonyl (C=O) groups is 2. The molecule has 0 spiro atoms. The molecule has 1 N–H and O–H groups in total. The number of anilines is 1. The molecule has 2 rings (SSSR count). The monoisotopic (exact) mass is 405 g/mol. The predicted octanol–water partition coefficient (Wildman–Crippen LogP) is 5.40. The SMILES string of the molecule is Cc1ccc(Cl)c(NC(=O)COC(=O)c2c(Cl)cccc2Cl)c1Cl. The summed E-state index contributed by atoms with van der Waals surface area (Å²) in [6.45, 7) is 1.23. The quantitative estimate of drug-likeness (QED) is 0.691. The second-order valence-corrected chi connectivity index (χ2v) is 6.37. The van der Waals surface area contributed by atoms with Crippen molar-refractivity contribution in [3.05, 3.63) is 61.5 Å². The van der Waals surface area contributed by atoms with Crippen LogP contribution in [0.5, 0.6) is 0 Å². The van der Waals surface area contributed by atoms with Gasteiger partial charge in [0.05, 0.1) is 31.3 Å². The van der Waals surface area contributed by atoms with Crippen LogP contribution in [0, 0.1) is 6.92 Å². The van der Waals surface area contributed by atoms with E-state index in [0.717, 1.165) is 5.56 Å². The molecule has 0 atom stereocenters. The minimum Gasteiger partial charge on any atom is -0.452 e. The van der Waals surface area contributed by atoms with Gasteiger partial charge in [0.25, 0.3) is 5.91 Å². The summed E-state index contributed by atoms with van der Waals surface area (Å²) in [5, 5.41) is 3.38. The van der Waals surface area contributed by atoms with Crippen LogP contribution < -0.4 is 5.32 Å². The van der Waals surface area contributed by atoms with E-state index in [0.29, 0.717) is 5.02 Å². The highest BCUT2D eigenvalue weighted by atomic mass is 35.5. The molecule has 2 aromatic rings. The Morgan fingerprint density at radius 3 is 2.25 bits per heavy atom. The minimum absolute atomic E-state index is 0.000235. The van der Waals surface area contributed by atoms with Gasteiger partial charge in [0.15, 0.2) is 6.61 Å². The van der Waals surface area contributed by atoms with Crippen molar-refractivity contribution in [2.45, 2.75) is 6.92 Å². The van der Waals surface area contributed by atoms with Crippen LogP contribution in [0.25, 0.3) is 0 Å². The Morgan fingerprint density at radius 2 is 1.62 bits per heavy atom. The summed E-state index contributed by atoms with van der Waals surface area (Å²) >= 11 is 23.9. The van der Waals surface area contributed by atoms with Crippen molar-refractivity contribution in [2.75, 3.05) is 11.9 Å². The van der Waals surface area contributed by atoms with Gasteiger partial charge in [0.2, 0.25) is 0 Å². The maximum atomic E-state index is 12.0. The van der Waals surface area contributed by atoms with Gasteiger partial charge in [-0.1, -0.05) is 58.5 Å². The molecular weight excluding hydrogens is 396 g/mol. The van der Waals surface area contributed by atoms with Crippen molar-refractivity contribution in [3.8, 4) is 0 Å². The topological polar surface area (TPSA) is 55.4 Å². The lowest BCUT2D eigenvalue weighted by atomic mass is 10.2. The van der Waals surface area contributed by atoms with E-state index in [2.05, 4.69) is 5.32 Å². The Kier molecular flexibility index (Phi) is 6.35. The fraction of sp³-hybridized carbons (Fsp3) is 0.125. The van der Waals surface area contributed by atoms with E-state index < -0.39 is 18.5 Å². The molecule has 0 aliphatic carbocycles. The van der Waals surface area contributed by atoms with Crippen LogP contribution in [0.2, 0.25) is 20.1 Å². The summed E-state index contributed by atoms with van der Waals surface area (Å²) in [5.74, 6) is -1.40. The average molecular weight is 407 g/mol. The number of amides is 1. The van der Waals surface area contributed by atoms with E-state index >= 15 is 0 Å². The number of halogens is 4. The highest BCUT2D eigenvalue weighted by Gasteiger charge is 2.18. The van der Waals surface area contributed by atoms with E-state index in [1.165, 1.54) is 12.1 Å². The highest BCUT2D eigenvalue weighted by Crippen LogP contribution is 2.32. The molecule has 4 nitrogen and oxygen atoms in total. The van der Waals surface area contributed by atoms with Crippen LogP contribution in [0.4, 0.5) is 5.69 Å². The summed E-state index contributed by atoms with van der Waals surface area (Å²) in [4.78, 5) is 24.0. The molecule has 0 bridgehead atoms. The zero-order chi connectivity index (χ0) is 17.9. The molecule has 0 radical (unpaired) electrons. The zero-order valence-electron chi connectivity index (χ0n) is 12.3. The van der Waals surface area contributed by atoms with E-state index in [1.807, 2.05) is 0 Å². The number of nitrogens with one attached hydrogen (secondary N) is 1. The fourth-order valence-electron chi connectivity index (χ4n) is 1.84. The molecule has 2 aromatic carbocycles. The van der Waals surface area contributed by atoms with E-state index in [-0.39, 0.29) is 26.3 Å². The molecule has 1 amide bonds. The summed E-state index contributed by atoms with van der Waals surface area (Å²) in [5.41, 5.74) is 1.01. The first-order chi connectivity index (χ1) is 11.3. The molecule has 0 unspecified atom stereocenters. The van der Waals surface area contributed by atoms with Crippen LogP contribution in [-0.2, 0) is 9.53 Å². The number of benzene rings is 2. The van der Waals surface area contributed by atoms with Gasteiger partial charge in [0, 0.05) is 0 Å². The first-order valence-corrected chi connectivity index (χ1v) is 8.18. The molecule has 8 heteroatoms. The number of esters is 1. The predicted molar refractivity (Wildman–Crippen MR) is 96.6 cm³/mol. The third kappa shape index (κ3) is 4.33. The average Bonchev–Trinajstić information content (AvgIpc) is 2.53. The smallest absolute Gasteiger partial charge is 0.341 e. The van der Waals surface area contributed by atoms with Crippen LogP contribution in [0.1, 0.15) is 15.9 Å². The summed E-state index contributed by atoms with van der Waals surface area (Å²) in [6, 6.07) is 7.91. The first-order valence-electron chi connectivity index (χ1n) is 6.67. The van der Waals surface area contributed by atoms with Gasteiger partial charge in [-0.2, -0.15) is 0 Å². The van der Waals surface area contributed by atoms with Gasteiger partial charge in [-0.3, -0.25) is 4.79 Å². The van der Waals surface area contributed by atoms with Crippen LogP contribution in [-0.4, -0.2) is 18.5 Å². The number of rotatable bonds is 4. The molecule has 0 fully saturated rings. The number of aryl methyl sites for hydroxylation is 1. The van der Waals surface area contributed by atoms with Gasteiger partial charge in [0.1, 0.15) is 0 Å². The van der Waals surface area contributed by atoms with Gasteiger partial charge in [-0.25, -0.2) is 4.79 Å². The minimum atomic E-state index is -0.804. The van der Waals surface area contributed by atoms with Crippen molar-refractivity contribution >= 4 is 64.0 Å². The Morgan fingerprint density at radius 1 is 1.00 bits per heavy atom. The lowest BCUT2D eigenvalue weighted by Crippen LogP contribution is -2.21. The number of carbonyl (C=O) groups excluding carboxylic acids is 2. The second kappa shape index (κ2) is 8.08. The maximum absolute atomic E-state index is 12.0. The van der Waals surface area contributed by atoms with E-state index in [9.17, 15) is 9.59 Å². The molecule has 24 heavy (non-hydrogen) atoms. The Bertz CT molecular complexity index is 788.